The van der Waals surface area contributed by atoms with Crippen LogP contribution in [-0.2, 0) is 0 Å². The number of hydrogen-bond donors (Lipinski definition) is 0. The highest BCUT2D eigenvalue weighted by molar-refractivity contribution is 7.14. The monoisotopic (exact) mass is 193 g/mol. The second kappa shape index (κ2) is 3.71. The van der Waals surface area contributed by atoms with Crippen LogP contribution in [0.25, 0.3) is 0 Å². The van der Waals surface area contributed by atoms with Crippen LogP contribution in [0.1, 0.15) is 27.0 Å². The molecule has 0 N–H and O–H groups in total. The molecular formula is C10H11NOS. The van der Waals surface area contributed by atoms with Gasteiger partial charge in [-0.15, -0.1) is 11.3 Å². The Labute approximate surface area is 81.8 Å². The van der Waals surface area contributed by atoms with E-state index in [0.29, 0.717) is 4.88 Å². The summed E-state index contributed by atoms with van der Waals surface area (Å²) < 4.78 is 0. The van der Waals surface area contributed by atoms with E-state index in [-0.39, 0.29) is 5.78 Å². The average molecular weight is 193 g/mol. The topological polar surface area (TPSA) is 40.9 Å². The fourth-order valence-electron chi connectivity index (χ4n) is 0.967. The fourth-order valence-corrected chi connectivity index (χ4v) is 2.03. The number of thiophene rings is 1. The summed E-state index contributed by atoms with van der Waals surface area (Å²) in [6.45, 7) is 5.58. The van der Waals surface area contributed by atoms with Gasteiger partial charge in [0.15, 0.2) is 5.78 Å². The van der Waals surface area contributed by atoms with E-state index in [0.717, 1.165) is 10.4 Å². The van der Waals surface area contributed by atoms with E-state index in [1.165, 1.54) is 11.3 Å². The van der Waals surface area contributed by atoms with Gasteiger partial charge in [0.25, 0.3) is 0 Å². The van der Waals surface area contributed by atoms with E-state index >= 15 is 0 Å². The molecule has 1 unspecified atom stereocenters. The van der Waals surface area contributed by atoms with Crippen LogP contribution in [-0.4, -0.2) is 5.78 Å². The van der Waals surface area contributed by atoms with Crippen LogP contribution in [0.2, 0.25) is 0 Å². The van der Waals surface area contributed by atoms with Gasteiger partial charge in [0.1, 0.15) is 5.92 Å². The summed E-state index contributed by atoms with van der Waals surface area (Å²) in [5, 5.41) is 8.58. The first kappa shape index (κ1) is 9.94. The molecule has 0 bridgehead atoms. The minimum absolute atomic E-state index is 0.0660. The van der Waals surface area contributed by atoms with Crippen molar-refractivity contribution in [3.8, 4) is 6.07 Å². The van der Waals surface area contributed by atoms with Crippen molar-refractivity contribution in [1.29, 1.82) is 5.26 Å². The third kappa shape index (κ3) is 1.96. The minimum Gasteiger partial charge on any atom is -0.292 e. The van der Waals surface area contributed by atoms with Crippen LogP contribution < -0.4 is 0 Å². The Balaban J connectivity index is 2.97. The first-order valence-corrected chi connectivity index (χ1v) is 4.88. The fraction of sp³-hybridized carbons (Fsp3) is 0.400. The number of carbonyl (C=O) groups excluding carboxylic acids is 1. The van der Waals surface area contributed by atoms with Gasteiger partial charge in [-0.05, 0) is 32.4 Å². The molecule has 0 spiro atoms. The molecule has 0 aliphatic heterocycles. The van der Waals surface area contributed by atoms with Gasteiger partial charge in [0.2, 0.25) is 0 Å². The first-order chi connectivity index (χ1) is 6.06. The Morgan fingerprint density at radius 3 is 2.62 bits per heavy atom. The van der Waals surface area contributed by atoms with E-state index in [9.17, 15) is 4.79 Å². The molecule has 1 aromatic rings. The van der Waals surface area contributed by atoms with Gasteiger partial charge in [-0.25, -0.2) is 0 Å². The van der Waals surface area contributed by atoms with Crippen molar-refractivity contribution in [2.45, 2.75) is 20.8 Å². The predicted molar refractivity (Wildman–Crippen MR) is 52.9 cm³/mol. The Morgan fingerprint density at radius 1 is 1.62 bits per heavy atom. The molecule has 0 amide bonds. The summed E-state index contributed by atoms with van der Waals surface area (Å²) >= 11 is 1.47. The van der Waals surface area contributed by atoms with Gasteiger partial charge in [-0.3, -0.25) is 4.79 Å². The van der Waals surface area contributed by atoms with Gasteiger partial charge in [0, 0.05) is 4.88 Å². The van der Waals surface area contributed by atoms with Crippen molar-refractivity contribution < 1.29 is 4.79 Å². The standard InChI is InChI=1S/C10H11NOS/c1-6-4-9(13-8(6)3)10(12)7(2)5-11/h4,7H,1-3H3. The van der Waals surface area contributed by atoms with Gasteiger partial charge in [-0.1, -0.05) is 0 Å². The van der Waals surface area contributed by atoms with Crippen LogP contribution in [0.5, 0.6) is 0 Å². The highest BCUT2D eigenvalue weighted by atomic mass is 32.1. The summed E-state index contributed by atoms with van der Waals surface area (Å²) in [6.07, 6.45) is 0. The number of Topliss-reactive ketones (excluding diaryl/α,β-unsaturated/α-hetero) is 1. The van der Waals surface area contributed by atoms with Crippen molar-refractivity contribution in [1.82, 2.24) is 0 Å². The molecule has 1 aromatic heterocycles. The van der Waals surface area contributed by atoms with Crippen molar-refractivity contribution in [3.63, 3.8) is 0 Å². The van der Waals surface area contributed by atoms with Crippen LogP contribution in [0.3, 0.4) is 0 Å². The zero-order chi connectivity index (χ0) is 10.0. The highest BCUT2D eigenvalue weighted by Crippen LogP contribution is 2.22. The maximum Gasteiger partial charge on any atom is 0.189 e. The molecule has 0 aromatic carbocycles. The molecular weight excluding hydrogens is 182 g/mol. The lowest BCUT2D eigenvalue weighted by molar-refractivity contribution is 0.0960. The second-order valence-corrected chi connectivity index (χ2v) is 4.32. The molecule has 0 saturated carbocycles. The lowest BCUT2D eigenvalue weighted by Crippen LogP contribution is -2.06. The average Bonchev–Trinajstić information content (AvgIpc) is 2.44. The normalized spacial score (nSPS) is 12.2. The molecule has 1 rings (SSSR count). The smallest absolute Gasteiger partial charge is 0.189 e. The Kier molecular flexibility index (Phi) is 2.84. The summed E-state index contributed by atoms with van der Waals surface area (Å²) in [6, 6.07) is 3.81. The molecule has 2 nitrogen and oxygen atoms in total. The molecule has 0 radical (unpaired) electrons. The van der Waals surface area contributed by atoms with Gasteiger partial charge < -0.3 is 0 Å². The van der Waals surface area contributed by atoms with Crippen molar-refractivity contribution >= 4 is 17.1 Å². The second-order valence-electron chi connectivity index (χ2n) is 3.06. The van der Waals surface area contributed by atoms with E-state index in [2.05, 4.69) is 0 Å². The highest BCUT2D eigenvalue weighted by Gasteiger charge is 2.16. The predicted octanol–water partition coefficient (Wildman–Crippen LogP) is 2.71. The lowest BCUT2D eigenvalue weighted by atomic mass is 10.1. The maximum absolute atomic E-state index is 11.5. The lowest BCUT2D eigenvalue weighted by Gasteiger charge is -1.96. The van der Waals surface area contributed by atoms with E-state index in [1.54, 1.807) is 6.92 Å². The zero-order valence-electron chi connectivity index (χ0n) is 7.92. The van der Waals surface area contributed by atoms with Gasteiger partial charge >= 0.3 is 0 Å². The van der Waals surface area contributed by atoms with Gasteiger partial charge in [-0.2, -0.15) is 5.26 Å². The van der Waals surface area contributed by atoms with Crippen LogP contribution in [0.4, 0.5) is 0 Å². The number of carbonyl (C=O) groups is 1. The Morgan fingerprint density at radius 2 is 2.23 bits per heavy atom. The Hall–Kier alpha value is -1.14. The maximum atomic E-state index is 11.5. The largest absolute Gasteiger partial charge is 0.292 e. The number of aryl methyl sites for hydroxylation is 2. The zero-order valence-corrected chi connectivity index (χ0v) is 8.73. The van der Waals surface area contributed by atoms with E-state index < -0.39 is 5.92 Å². The third-order valence-electron chi connectivity index (χ3n) is 2.00. The van der Waals surface area contributed by atoms with Crippen LogP contribution in [0.15, 0.2) is 6.07 Å². The SMILES string of the molecule is Cc1cc(C(=O)C(C)C#N)sc1C. The number of nitriles is 1. The molecule has 0 fully saturated rings. The van der Waals surface area contributed by atoms with Crippen molar-refractivity contribution in [3.05, 3.63) is 21.4 Å². The summed E-state index contributed by atoms with van der Waals surface area (Å²) in [7, 11) is 0. The van der Waals surface area contributed by atoms with Crippen molar-refractivity contribution in [2.75, 3.05) is 0 Å². The minimum atomic E-state index is -0.530. The summed E-state index contributed by atoms with van der Waals surface area (Å²) in [4.78, 5) is 13.4. The number of hydrogen-bond acceptors (Lipinski definition) is 3. The first-order valence-electron chi connectivity index (χ1n) is 4.07. The molecule has 13 heavy (non-hydrogen) atoms. The Bertz CT molecular complexity index is 353. The molecule has 0 saturated heterocycles. The summed E-state index contributed by atoms with van der Waals surface area (Å²) in [5.41, 5.74) is 1.12. The summed E-state index contributed by atoms with van der Waals surface area (Å²) in [5.74, 6) is -0.596. The number of nitrogens with zero attached hydrogens (tertiary/aromatic N) is 1. The van der Waals surface area contributed by atoms with Crippen molar-refractivity contribution in [2.24, 2.45) is 5.92 Å². The van der Waals surface area contributed by atoms with Crippen LogP contribution in [0, 0.1) is 31.1 Å². The van der Waals surface area contributed by atoms with E-state index in [1.807, 2.05) is 26.0 Å². The van der Waals surface area contributed by atoms with E-state index in [4.69, 9.17) is 5.26 Å². The number of rotatable bonds is 2. The molecule has 1 atom stereocenters. The molecule has 1 heterocycles. The molecule has 3 heteroatoms. The van der Waals surface area contributed by atoms with Crippen LogP contribution >= 0.6 is 11.3 Å². The molecule has 0 aliphatic carbocycles. The van der Waals surface area contributed by atoms with Gasteiger partial charge in [0.05, 0.1) is 10.9 Å². The number of ketones is 1. The molecule has 0 aliphatic rings. The quantitative estimate of drug-likeness (QED) is 0.677. The third-order valence-corrected chi connectivity index (χ3v) is 3.16. The molecule has 68 valence electrons.